The Morgan fingerprint density at radius 2 is 1.70 bits per heavy atom. The van der Waals surface area contributed by atoms with Gasteiger partial charge in [0.2, 0.25) is 15.9 Å². The molecule has 2 unspecified atom stereocenters. The highest BCUT2D eigenvalue weighted by atomic mass is 32.2. The van der Waals surface area contributed by atoms with Crippen LogP contribution in [0.5, 0.6) is 0 Å². The summed E-state index contributed by atoms with van der Waals surface area (Å²) in [7, 11) is -4.10. The van der Waals surface area contributed by atoms with Crippen molar-refractivity contribution in [3.63, 3.8) is 0 Å². The predicted octanol–water partition coefficient (Wildman–Crippen LogP) is 3.50. The molecular formula is C36H46N6O7S. The fourth-order valence-corrected chi connectivity index (χ4v) is 7.51. The van der Waals surface area contributed by atoms with Crippen LogP contribution in [0.3, 0.4) is 0 Å². The molecule has 0 radical (unpaired) electrons. The van der Waals surface area contributed by atoms with Crippen molar-refractivity contribution in [2.75, 3.05) is 19.6 Å². The lowest BCUT2D eigenvalue weighted by Crippen LogP contribution is -2.57. The summed E-state index contributed by atoms with van der Waals surface area (Å²) < 4.78 is 28.9. The Labute approximate surface area is 293 Å². The van der Waals surface area contributed by atoms with E-state index in [4.69, 9.17) is 5.21 Å². The fraction of sp³-hybridized carbons (Fsp3) is 0.417. The maximum Gasteiger partial charge on any atom is 0.328 e. The molecule has 4 rings (SSSR count). The normalized spacial score (nSPS) is 16.3. The van der Waals surface area contributed by atoms with Crippen LogP contribution in [0.4, 0.5) is 4.79 Å². The number of rotatable bonds is 17. The second-order valence-electron chi connectivity index (χ2n) is 12.9. The Kier molecular flexibility index (Phi) is 13.2. The maximum absolute atomic E-state index is 14.2. The smallest absolute Gasteiger partial charge is 0.328 e. The highest BCUT2D eigenvalue weighted by Gasteiger charge is 2.45. The largest absolute Gasteiger partial charge is 0.411 e. The summed E-state index contributed by atoms with van der Waals surface area (Å²) in [4.78, 5) is 47.5. The molecule has 1 aliphatic rings. The van der Waals surface area contributed by atoms with Crippen molar-refractivity contribution in [2.45, 2.75) is 70.2 Å². The molecule has 14 heteroatoms. The first-order valence-corrected chi connectivity index (χ1v) is 18.1. The Balaban J connectivity index is 1.61. The van der Waals surface area contributed by atoms with E-state index >= 15 is 0 Å². The Morgan fingerprint density at radius 1 is 1.02 bits per heavy atom. The molecule has 0 bridgehead atoms. The van der Waals surface area contributed by atoms with Gasteiger partial charge in [-0.3, -0.25) is 19.5 Å². The Hall–Kier alpha value is -4.66. The number of carbonyl (C=O) groups is 3. The van der Waals surface area contributed by atoms with E-state index in [-0.39, 0.29) is 49.3 Å². The van der Waals surface area contributed by atoms with E-state index in [1.807, 2.05) is 58.0 Å². The van der Waals surface area contributed by atoms with E-state index in [0.717, 1.165) is 10.5 Å². The number of aliphatic hydroxyl groups excluding tert-OH is 1. The molecule has 2 aromatic carbocycles. The predicted molar refractivity (Wildman–Crippen MR) is 188 cm³/mol. The number of pyridine rings is 1. The molecule has 3 aromatic rings. The molecule has 1 fully saturated rings. The van der Waals surface area contributed by atoms with Crippen molar-refractivity contribution in [3.8, 4) is 0 Å². The molecule has 0 spiro atoms. The van der Waals surface area contributed by atoms with Crippen LogP contribution in [-0.4, -0.2) is 99.7 Å². The van der Waals surface area contributed by atoms with Gasteiger partial charge in [0, 0.05) is 19.3 Å². The number of aromatic nitrogens is 1. The molecule has 13 nitrogen and oxygen atoms in total. The van der Waals surface area contributed by atoms with Crippen molar-refractivity contribution in [3.05, 3.63) is 95.8 Å². The summed E-state index contributed by atoms with van der Waals surface area (Å²) in [6.45, 7) is 6.87. The van der Waals surface area contributed by atoms with Crippen LogP contribution >= 0.6 is 0 Å². The molecule has 268 valence electrons. The lowest BCUT2D eigenvalue weighted by atomic mass is 9.95. The SMILES string of the molecule is CCC(C)C(C(=O)N[C@@H](Cc1ccccc1)[C@H](O)CN(CC(C)C)S(=O)(=O)c1ccc(/C=N/O)cc1)N1CC(=O)N(Cc2ccccn2)C1=O. The molecule has 4 atom stereocenters. The standard InChI is InChI=1S/C36H46N6O7S/c1-5-26(4)34(42-24-33(44)41(36(42)46)22-29-13-9-10-18-37-29)35(45)39-31(19-27-11-7-6-8-12-27)32(43)23-40(21-25(2)3)50(48,49)30-16-14-28(15-17-30)20-38-47/h6-18,20,25-26,31-32,34,43,47H,5,19,21-24H2,1-4H3,(H,39,45)/b38-20+/t26?,31-,32+,34?/m0/s1. The first kappa shape index (κ1) is 38.1. The van der Waals surface area contributed by atoms with Crippen LogP contribution in [-0.2, 0) is 32.6 Å². The minimum Gasteiger partial charge on any atom is -0.411 e. The van der Waals surface area contributed by atoms with Gasteiger partial charge in [0.05, 0.1) is 35.5 Å². The summed E-state index contributed by atoms with van der Waals surface area (Å²) in [5, 5.41) is 26.5. The average molecular weight is 707 g/mol. The van der Waals surface area contributed by atoms with E-state index in [1.165, 1.54) is 39.7 Å². The van der Waals surface area contributed by atoms with Gasteiger partial charge < -0.3 is 20.5 Å². The molecule has 3 N–H and O–H groups in total. The van der Waals surface area contributed by atoms with Crippen molar-refractivity contribution in [1.29, 1.82) is 0 Å². The number of urea groups is 1. The topological polar surface area (TPSA) is 173 Å². The van der Waals surface area contributed by atoms with E-state index in [2.05, 4.69) is 15.5 Å². The van der Waals surface area contributed by atoms with Gasteiger partial charge in [0.15, 0.2) is 0 Å². The summed E-state index contributed by atoms with van der Waals surface area (Å²) in [5.74, 6) is -1.45. The van der Waals surface area contributed by atoms with Gasteiger partial charge >= 0.3 is 6.03 Å². The van der Waals surface area contributed by atoms with Crippen molar-refractivity contribution in [1.82, 2.24) is 24.4 Å². The molecular weight excluding hydrogens is 660 g/mol. The van der Waals surface area contributed by atoms with Crippen molar-refractivity contribution >= 4 is 34.1 Å². The van der Waals surface area contributed by atoms with Gasteiger partial charge in [0.1, 0.15) is 12.6 Å². The number of oxime groups is 1. The van der Waals surface area contributed by atoms with E-state index in [0.29, 0.717) is 17.7 Å². The molecule has 1 aliphatic heterocycles. The second kappa shape index (κ2) is 17.3. The van der Waals surface area contributed by atoms with Crippen LogP contribution in [0.25, 0.3) is 0 Å². The lowest BCUT2D eigenvalue weighted by Gasteiger charge is -2.34. The third-order valence-corrected chi connectivity index (χ3v) is 10.5. The maximum atomic E-state index is 14.2. The van der Waals surface area contributed by atoms with Crippen LogP contribution in [0.15, 0.2) is 89.0 Å². The Morgan fingerprint density at radius 3 is 2.30 bits per heavy atom. The number of hydrogen-bond acceptors (Lipinski definition) is 9. The van der Waals surface area contributed by atoms with Gasteiger partial charge in [-0.25, -0.2) is 13.2 Å². The number of benzene rings is 2. The van der Waals surface area contributed by atoms with Gasteiger partial charge in [-0.15, -0.1) is 0 Å². The third-order valence-electron chi connectivity index (χ3n) is 8.69. The van der Waals surface area contributed by atoms with Crippen LogP contribution < -0.4 is 5.32 Å². The zero-order chi connectivity index (χ0) is 36.4. The van der Waals surface area contributed by atoms with E-state index < -0.39 is 46.1 Å². The number of nitrogens with zero attached hydrogens (tertiary/aromatic N) is 5. The highest BCUT2D eigenvalue weighted by Crippen LogP contribution is 2.24. The summed E-state index contributed by atoms with van der Waals surface area (Å²) in [6.07, 6.45) is 2.08. The molecule has 4 amide bonds. The van der Waals surface area contributed by atoms with Crippen molar-refractivity contribution in [2.24, 2.45) is 17.0 Å². The molecule has 0 aliphatic carbocycles. The van der Waals surface area contributed by atoms with Crippen molar-refractivity contribution < 1.29 is 33.1 Å². The van der Waals surface area contributed by atoms with Gasteiger partial charge in [0.25, 0.3) is 5.91 Å². The summed E-state index contributed by atoms with van der Waals surface area (Å²) in [6, 6.07) is 17.6. The minimum absolute atomic E-state index is 0.00612. The van der Waals surface area contributed by atoms with Crippen LogP contribution in [0, 0.1) is 11.8 Å². The number of hydrogen-bond donors (Lipinski definition) is 3. The number of amides is 4. The first-order valence-electron chi connectivity index (χ1n) is 16.7. The monoisotopic (exact) mass is 706 g/mol. The summed E-state index contributed by atoms with van der Waals surface area (Å²) >= 11 is 0. The number of carbonyl (C=O) groups excluding carboxylic acids is 3. The number of nitrogens with one attached hydrogen (secondary N) is 1. The molecule has 1 saturated heterocycles. The van der Waals surface area contributed by atoms with Crippen LogP contribution in [0.2, 0.25) is 0 Å². The number of imide groups is 1. The fourth-order valence-electron chi connectivity index (χ4n) is 5.89. The Bertz CT molecular complexity index is 1720. The number of aliphatic hydroxyl groups is 1. The van der Waals surface area contributed by atoms with Gasteiger partial charge in [-0.1, -0.05) is 87.8 Å². The molecule has 0 saturated carbocycles. The molecule has 1 aromatic heterocycles. The van der Waals surface area contributed by atoms with Crippen LogP contribution in [0.1, 0.15) is 50.9 Å². The lowest BCUT2D eigenvalue weighted by molar-refractivity contribution is -0.129. The van der Waals surface area contributed by atoms with E-state index in [9.17, 15) is 27.9 Å². The highest BCUT2D eigenvalue weighted by molar-refractivity contribution is 7.89. The average Bonchev–Trinajstić information content (AvgIpc) is 3.36. The van der Waals surface area contributed by atoms with Gasteiger partial charge in [-0.2, -0.15) is 4.31 Å². The van der Waals surface area contributed by atoms with E-state index in [1.54, 1.807) is 24.4 Å². The second-order valence-corrected chi connectivity index (χ2v) is 14.9. The third kappa shape index (κ3) is 9.52. The minimum atomic E-state index is -4.10. The first-order chi connectivity index (χ1) is 23.8. The van der Waals surface area contributed by atoms with Gasteiger partial charge in [-0.05, 0) is 53.6 Å². The zero-order valence-electron chi connectivity index (χ0n) is 28.8. The quantitative estimate of drug-likeness (QED) is 0.0828. The summed E-state index contributed by atoms with van der Waals surface area (Å²) in [5.41, 5.74) is 1.83. The molecule has 50 heavy (non-hydrogen) atoms. The zero-order valence-corrected chi connectivity index (χ0v) is 29.6. The number of sulfonamides is 1. The molecule has 2 heterocycles.